The number of alkyl halides is 2. The smallest absolute Gasteiger partial charge is 0.329 e. The van der Waals surface area contributed by atoms with Crippen LogP contribution in [-0.2, 0) is 16.6 Å². The molecule has 152 valence electrons. The van der Waals surface area contributed by atoms with Crippen molar-refractivity contribution in [3.63, 3.8) is 0 Å². The summed E-state index contributed by atoms with van der Waals surface area (Å²) in [5, 5.41) is 5.19. The number of imidazole rings is 1. The van der Waals surface area contributed by atoms with Crippen molar-refractivity contribution < 1.29 is 18.4 Å². The number of nitrogens with zero attached hydrogens (tertiary/aromatic N) is 2. The fourth-order valence-electron chi connectivity index (χ4n) is 3.83. The van der Waals surface area contributed by atoms with Crippen LogP contribution in [0.2, 0.25) is 0 Å². The molecule has 1 aliphatic rings. The van der Waals surface area contributed by atoms with Crippen molar-refractivity contribution in [2.24, 2.45) is 7.05 Å². The first-order valence-electron chi connectivity index (χ1n) is 9.25. The molecule has 1 fully saturated rings. The number of amides is 1. The zero-order chi connectivity index (χ0) is 20.5. The minimum absolute atomic E-state index is 0.0993. The largest absolute Gasteiger partial charge is 0.359 e. The predicted molar refractivity (Wildman–Crippen MR) is 101 cm³/mol. The van der Waals surface area contributed by atoms with Crippen molar-refractivity contribution in [3.05, 3.63) is 34.2 Å². The monoisotopic (exact) mass is 394 g/mol. The van der Waals surface area contributed by atoms with Crippen molar-refractivity contribution in [3.8, 4) is 0 Å². The number of piperidine rings is 1. The Morgan fingerprint density at radius 1 is 1.43 bits per heavy atom. The van der Waals surface area contributed by atoms with Gasteiger partial charge in [0.15, 0.2) is 0 Å². The van der Waals surface area contributed by atoms with Crippen molar-refractivity contribution in [2.75, 3.05) is 20.1 Å². The third kappa shape index (κ3) is 3.58. The second-order valence-electron chi connectivity index (χ2n) is 7.15. The molecule has 0 radical (unpaired) electrons. The fraction of sp³-hybridized carbons (Fsp3) is 0.526. The van der Waals surface area contributed by atoms with E-state index < -0.39 is 23.6 Å². The van der Waals surface area contributed by atoms with Crippen molar-refractivity contribution in [1.29, 1.82) is 0 Å². The van der Waals surface area contributed by atoms with Crippen LogP contribution in [0.5, 0.6) is 0 Å². The van der Waals surface area contributed by atoms with Gasteiger partial charge in [0.25, 0.3) is 5.92 Å². The van der Waals surface area contributed by atoms with E-state index >= 15 is 0 Å². The van der Waals surface area contributed by atoms with Crippen molar-refractivity contribution in [2.45, 2.75) is 37.1 Å². The van der Waals surface area contributed by atoms with Gasteiger partial charge in [-0.15, -0.1) is 0 Å². The lowest BCUT2D eigenvalue weighted by molar-refractivity contribution is -0.121. The summed E-state index contributed by atoms with van der Waals surface area (Å²) < 4.78 is 31.3. The van der Waals surface area contributed by atoms with Crippen LogP contribution < -0.4 is 16.3 Å². The van der Waals surface area contributed by atoms with Gasteiger partial charge in [-0.3, -0.25) is 13.9 Å². The molecular formula is C19H24F2N4O3. The average molecular weight is 394 g/mol. The van der Waals surface area contributed by atoms with E-state index in [1.807, 2.05) is 0 Å². The number of aryl methyl sites for hydroxylation is 1. The van der Waals surface area contributed by atoms with Gasteiger partial charge < -0.3 is 15.4 Å². The zero-order valence-electron chi connectivity index (χ0n) is 15.9. The van der Waals surface area contributed by atoms with Gasteiger partial charge in [-0.05, 0) is 37.1 Å². The number of carbonyl (C=O) groups is 2. The van der Waals surface area contributed by atoms with Crippen LogP contribution >= 0.6 is 0 Å². The Morgan fingerprint density at radius 2 is 2.18 bits per heavy atom. The van der Waals surface area contributed by atoms with E-state index in [4.69, 9.17) is 0 Å². The topological polar surface area (TPSA) is 85.1 Å². The molecule has 7 nitrogen and oxygen atoms in total. The van der Waals surface area contributed by atoms with Gasteiger partial charge in [0.1, 0.15) is 6.29 Å². The number of hydrogen-bond donors (Lipinski definition) is 2. The van der Waals surface area contributed by atoms with Crippen LogP contribution in [0.1, 0.15) is 36.8 Å². The Hall–Kier alpha value is -2.55. The quantitative estimate of drug-likeness (QED) is 0.724. The SMILES string of the molecule is CNC(=O)CCC(C=O)n1c(=O)n(C)c2cc(C3CCNCC3(F)F)ccc21. The number of hydrogen-bond acceptors (Lipinski definition) is 4. The Balaban J connectivity index is 2.02. The summed E-state index contributed by atoms with van der Waals surface area (Å²) >= 11 is 0. The minimum Gasteiger partial charge on any atom is -0.359 e. The van der Waals surface area contributed by atoms with Gasteiger partial charge in [0.05, 0.1) is 29.5 Å². The fourth-order valence-corrected chi connectivity index (χ4v) is 3.83. The van der Waals surface area contributed by atoms with Crippen LogP contribution in [0.3, 0.4) is 0 Å². The molecule has 1 aliphatic heterocycles. The summed E-state index contributed by atoms with van der Waals surface area (Å²) in [7, 11) is 3.05. The Bertz CT molecular complexity index is 951. The van der Waals surface area contributed by atoms with Crippen LogP contribution in [-0.4, -0.2) is 47.4 Å². The molecule has 3 rings (SSSR count). The molecule has 0 saturated carbocycles. The lowest BCUT2D eigenvalue weighted by atomic mass is 9.87. The molecule has 1 aromatic heterocycles. The molecule has 2 N–H and O–H groups in total. The lowest BCUT2D eigenvalue weighted by Gasteiger charge is -2.32. The number of rotatable bonds is 6. The Kier molecular flexibility index (Phi) is 5.64. The Labute approximate surface area is 160 Å². The summed E-state index contributed by atoms with van der Waals surface area (Å²) in [6.45, 7) is 0.132. The van der Waals surface area contributed by atoms with Crippen LogP contribution in [0.25, 0.3) is 11.0 Å². The normalized spacial score (nSPS) is 20.1. The van der Waals surface area contributed by atoms with E-state index in [0.29, 0.717) is 35.8 Å². The van der Waals surface area contributed by atoms with E-state index in [0.717, 1.165) is 0 Å². The standard InChI is InChI=1S/C19H24F2N4O3/c1-22-17(27)6-4-13(10-26)25-15-5-3-12(9-16(15)24(2)18(25)28)14-7-8-23-11-19(14,20)21/h3,5,9-10,13-14,23H,4,6-8,11H2,1-2H3,(H,22,27). The van der Waals surface area contributed by atoms with E-state index in [1.165, 1.54) is 16.2 Å². The summed E-state index contributed by atoms with van der Waals surface area (Å²) in [5.41, 5.74) is 1.03. The van der Waals surface area contributed by atoms with E-state index in [-0.39, 0.29) is 25.3 Å². The maximum atomic E-state index is 14.3. The highest BCUT2D eigenvalue weighted by atomic mass is 19.3. The first kappa shape index (κ1) is 20.2. The lowest BCUT2D eigenvalue weighted by Crippen LogP contribution is -2.44. The van der Waals surface area contributed by atoms with Crippen LogP contribution in [0.15, 0.2) is 23.0 Å². The molecule has 9 heteroatoms. The molecule has 2 aromatic rings. The maximum absolute atomic E-state index is 14.3. The van der Waals surface area contributed by atoms with Crippen LogP contribution in [0, 0.1) is 0 Å². The average Bonchev–Trinajstić information content (AvgIpc) is 2.92. The molecule has 0 bridgehead atoms. The molecule has 2 atom stereocenters. The number of aldehydes is 1. The molecular weight excluding hydrogens is 370 g/mol. The van der Waals surface area contributed by atoms with Gasteiger partial charge >= 0.3 is 5.69 Å². The van der Waals surface area contributed by atoms with Crippen molar-refractivity contribution >= 4 is 23.2 Å². The van der Waals surface area contributed by atoms with Crippen LogP contribution in [0.4, 0.5) is 8.78 Å². The first-order valence-corrected chi connectivity index (χ1v) is 9.25. The van der Waals surface area contributed by atoms with Gasteiger partial charge in [-0.1, -0.05) is 6.07 Å². The highest BCUT2D eigenvalue weighted by Gasteiger charge is 2.42. The highest BCUT2D eigenvalue weighted by Crippen LogP contribution is 2.38. The Morgan fingerprint density at radius 3 is 2.82 bits per heavy atom. The number of halogens is 2. The molecule has 0 aliphatic carbocycles. The molecule has 2 heterocycles. The van der Waals surface area contributed by atoms with Gasteiger partial charge in [-0.2, -0.15) is 0 Å². The summed E-state index contributed by atoms with van der Waals surface area (Å²) in [6, 6.07) is 4.01. The molecule has 28 heavy (non-hydrogen) atoms. The molecule has 0 spiro atoms. The second-order valence-corrected chi connectivity index (χ2v) is 7.15. The predicted octanol–water partition coefficient (Wildman–Crippen LogP) is 1.32. The maximum Gasteiger partial charge on any atom is 0.329 e. The first-order chi connectivity index (χ1) is 13.3. The summed E-state index contributed by atoms with van der Waals surface area (Å²) in [5.74, 6) is -4.02. The van der Waals surface area contributed by atoms with Gasteiger partial charge in [-0.25, -0.2) is 13.6 Å². The molecule has 1 amide bonds. The number of benzene rings is 1. The molecule has 2 unspecified atom stereocenters. The summed E-state index contributed by atoms with van der Waals surface area (Å²) in [6.07, 6.45) is 1.22. The van der Waals surface area contributed by atoms with E-state index in [1.54, 1.807) is 25.2 Å². The van der Waals surface area contributed by atoms with E-state index in [9.17, 15) is 23.2 Å². The van der Waals surface area contributed by atoms with Gasteiger partial charge in [0.2, 0.25) is 5.91 Å². The number of aromatic nitrogens is 2. The number of fused-ring (bicyclic) bond motifs is 1. The van der Waals surface area contributed by atoms with Crippen molar-refractivity contribution in [1.82, 2.24) is 19.8 Å². The third-order valence-corrected chi connectivity index (χ3v) is 5.43. The minimum atomic E-state index is -2.87. The van der Waals surface area contributed by atoms with E-state index in [2.05, 4.69) is 10.6 Å². The molecule has 1 aromatic carbocycles. The van der Waals surface area contributed by atoms with Gasteiger partial charge in [0, 0.05) is 20.5 Å². The zero-order valence-corrected chi connectivity index (χ0v) is 15.9. The molecule has 1 saturated heterocycles. The number of carbonyl (C=O) groups excluding carboxylic acids is 2. The number of nitrogens with one attached hydrogen (secondary N) is 2. The third-order valence-electron chi connectivity index (χ3n) is 5.43. The summed E-state index contributed by atoms with van der Waals surface area (Å²) in [4.78, 5) is 35.8. The second kappa shape index (κ2) is 7.83. The highest BCUT2D eigenvalue weighted by molar-refractivity contribution is 5.79.